The van der Waals surface area contributed by atoms with Gasteiger partial charge in [-0.2, -0.15) is 0 Å². The topological polar surface area (TPSA) is 56.0 Å². The molecule has 0 unspecified atom stereocenters. The van der Waals surface area contributed by atoms with Gasteiger partial charge >= 0.3 is 5.69 Å². The SMILES string of the molecule is CCn1c(=O)cc(Nc2ccc(C)cc2F)n(C)c1=O. The summed E-state index contributed by atoms with van der Waals surface area (Å²) in [7, 11) is 1.53. The maximum atomic E-state index is 13.8. The zero-order valence-corrected chi connectivity index (χ0v) is 11.6. The molecule has 106 valence electrons. The molecule has 6 heteroatoms. The van der Waals surface area contributed by atoms with Crippen molar-refractivity contribution in [2.45, 2.75) is 20.4 Å². The molecule has 1 heterocycles. The van der Waals surface area contributed by atoms with Gasteiger partial charge in [-0.1, -0.05) is 6.07 Å². The Morgan fingerprint density at radius 2 is 1.95 bits per heavy atom. The summed E-state index contributed by atoms with van der Waals surface area (Å²) >= 11 is 0. The molecule has 5 nitrogen and oxygen atoms in total. The van der Waals surface area contributed by atoms with E-state index in [0.29, 0.717) is 6.54 Å². The molecule has 1 aromatic carbocycles. The van der Waals surface area contributed by atoms with Crippen LogP contribution >= 0.6 is 0 Å². The van der Waals surface area contributed by atoms with Crippen LogP contribution in [0.4, 0.5) is 15.9 Å². The Kier molecular flexibility index (Phi) is 3.74. The molecule has 0 saturated carbocycles. The van der Waals surface area contributed by atoms with Gasteiger partial charge in [0.15, 0.2) is 0 Å². The van der Waals surface area contributed by atoms with Crippen LogP contribution in [0.25, 0.3) is 0 Å². The van der Waals surface area contributed by atoms with Crippen LogP contribution in [-0.4, -0.2) is 9.13 Å². The Balaban J connectivity index is 2.50. The molecular weight excluding hydrogens is 261 g/mol. The van der Waals surface area contributed by atoms with E-state index in [4.69, 9.17) is 0 Å². The number of aryl methyl sites for hydroxylation is 1. The molecule has 0 aliphatic heterocycles. The zero-order valence-electron chi connectivity index (χ0n) is 11.6. The number of anilines is 2. The molecule has 0 bridgehead atoms. The summed E-state index contributed by atoms with van der Waals surface area (Å²) in [6.07, 6.45) is 0. The first kappa shape index (κ1) is 14.0. The van der Waals surface area contributed by atoms with E-state index >= 15 is 0 Å². The van der Waals surface area contributed by atoms with Crippen LogP contribution in [0.3, 0.4) is 0 Å². The van der Waals surface area contributed by atoms with Crippen LogP contribution in [0.15, 0.2) is 33.9 Å². The predicted molar refractivity (Wildman–Crippen MR) is 76.0 cm³/mol. The van der Waals surface area contributed by atoms with Crippen molar-refractivity contribution in [3.63, 3.8) is 0 Å². The second kappa shape index (κ2) is 5.32. The lowest BCUT2D eigenvalue weighted by molar-refractivity contribution is 0.621. The molecule has 0 atom stereocenters. The van der Waals surface area contributed by atoms with E-state index in [9.17, 15) is 14.0 Å². The van der Waals surface area contributed by atoms with E-state index in [1.807, 2.05) is 0 Å². The second-order valence-corrected chi connectivity index (χ2v) is 4.56. The summed E-state index contributed by atoms with van der Waals surface area (Å²) in [5.74, 6) is -0.176. The van der Waals surface area contributed by atoms with Crippen molar-refractivity contribution in [1.29, 1.82) is 0 Å². The van der Waals surface area contributed by atoms with Crippen molar-refractivity contribution in [1.82, 2.24) is 9.13 Å². The van der Waals surface area contributed by atoms with Crippen molar-refractivity contribution in [2.24, 2.45) is 7.05 Å². The highest BCUT2D eigenvalue weighted by molar-refractivity contribution is 5.57. The number of rotatable bonds is 3. The number of aromatic nitrogens is 2. The third-order valence-electron chi connectivity index (χ3n) is 3.11. The molecule has 1 aromatic heterocycles. The van der Waals surface area contributed by atoms with E-state index in [2.05, 4.69) is 5.32 Å². The highest BCUT2D eigenvalue weighted by Crippen LogP contribution is 2.19. The van der Waals surface area contributed by atoms with Gasteiger partial charge < -0.3 is 5.32 Å². The Morgan fingerprint density at radius 1 is 1.25 bits per heavy atom. The van der Waals surface area contributed by atoms with E-state index < -0.39 is 17.1 Å². The van der Waals surface area contributed by atoms with Gasteiger partial charge in [0.2, 0.25) is 0 Å². The van der Waals surface area contributed by atoms with Crippen LogP contribution in [0.2, 0.25) is 0 Å². The van der Waals surface area contributed by atoms with Gasteiger partial charge in [-0.15, -0.1) is 0 Å². The van der Waals surface area contributed by atoms with Gasteiger partial charge in [0.25, 0.3) is 5.56 Å². The number of halogens is 1. The van der Waals surface area contributed by atoms with E-state index in [-0.39, 0.29) is 11.5 Å². The van der Waals surface area contributed by atoms with E-state index in [1.165, 1.54) is 23.7 Å². The summed E-state index contributed by atoms with van der Waals surface area (Å²) in [6, 6.07) is 5.98. The summed E-state index contributed by atoms with van der Waals surface area (Å²) in [5, 5.41) is 2.78. The minimum Gasteiger partial charge on any atom is -0.339 e. The Labute approximate surface area is 115 Å². The van der Waals surface area contributed by atoms with Gasteiger partial charge in [0.05, 0.1) is 5.69 Å². The predicted octanol–water partition coefficient (Wildman–Crippen LogP) is 1.76. The van der Waals surface area contributed by atoms with Crippen LogP contribution in [0.5, 0.6) is 0 Å². The van der Waals surface area contributed by atoms with E-state index in [1.54, 1.807) is 26.0 Å². The molecule has 0 fully saturated rings. The molecule has 0 radical (unpaired) electrons. The fourth-order valence-electron chi connectivity index (χ4n) is 1.94. The van der Waals surface area contributed by atoms with Crippen molar-refractivity contribution in [3.8, 4) is 0 Å². The first-order valence-electron chi connectivity index (χ1n) is 6.28. The van der Waals surface area contributed by atoms with Crippen LogP contribution in [0.1, 0.15) is 12.5 Å². The minimum absolute atomic E-state index is 0.222. The molecule has 20 heavy (non-hydrogen) atoms. The normalized spacial score (nSPS) is 10.6. The smallest absolute Gasteiger partial charge is 0.332 e. The summed E-state index contributed by atoms with van der Waals surface area (Å²) in [6.45, 7) is 3.80. The van der Waals surface area contributed by atoms with Crippen molar-refractivity contribution in [3.05, 3.63) is 56.5 Å². The highest BCUT2D eigenvalue weighted by atomic mass is 19.1. The molecule has 1 N–H and O–H groups in total. The molecule has 0 aliphatic carbocycles. The average molecular weight is 277 g/mol. The Hall–Kier alpha value is -2.37. The van der Waals surface area contributed by atoms with Crippen LogP contribution in [0, 0.1) is 12.7 Å². The molecule has 0 saturated heterocycles. The van der Waals surface area contributed by atoms with E-state index in [0.717, 1.165) is 10.1 Å². The third-order valence-corrected chi connectivity index (χ3v) is 3.11. The van der Waals surface area contributed by atoms with Gasteiger partial charge in [-0.05, 0) is 31.5 Å². The third kappa shape index (κ3) is 2.49. The standard InChI is InChI=1S/C14H16FN3O2/c1-4-18-13(19)8-12(17(3)14(18)20)16-11-6-5-9(2)7-10(11)15/h5-8,16H,4H2,1-3H3. The average Bonchev–Trinajstić information content (AvgIpc) is 2.39. The molecule has 0 spiro atoms. The number of hydrogen-bond acceptors (Lipinski definition) is 3. The lowest BCUT2D eigenvalue weighted by Gasteiger charge is -2.13. The number of benzene rings is 1. The largest absolute Gasteiger partial charge is 0.339 e. The second-order valence-electron chi connectivity index (χ2n) is 4.56. The maximum Gasteiger partial charge on any atom is 0.332 e. The maximum absolute atomic E-state index is 13.8. The fourth-order valence-corrected chi connectivity index (χ4v) is 1.94. The van der Waals surface area contributed by atoms with Crippen molar-refractivity contribution >= 4 is 11.5 Å². The summed E-state index contributed by atoms with van der Waals surface area (Å²) < 4.78 is 16.2. The van der Waals surface area contributed by atoms with Crippen LogP contribution < -0.4 is 16.6 Å². The minimum atomic E-state index is -0.435. The zero-order chi connectivity index (χ0) is 14.9. The van der Waals surface area contributed by atoms with Gasteiger partial charge in [-0.3, -0.25) is 13.9 Å². The van der Waals surface area contributed by atoms with Gasteiger partial charge in [0, 0.05) is 19.7 Å². The number of hydrogen-bond donors (Lipinski definition) is 1. The molecule has 0 aliphatic rings. The summed E-state index contributed by atoms with van der Waals surface area (Å²) in [5.41, 5.74) is 0.170. The molecule has 2 rings (SSSR count). The van der Waals surface area contributed by atoms with Gasteiger partial charge in [-0.25, -0.2) is 9.18 Å². The fraction of sp³-hybridized carbons (Fsp3) is 0.286. The number of nitrogens with zero attached hydrogens (tertiary/aromatic N) is 2. The van der Waals surface area contributed by atoms with Crippen LogP contribution in [-0.2, 0) is 13.6 Å². The lowest BCUT2D eigenvalue weighted by atomic mass is 10.2. The summed E-state index contributed by atoms with van der Waals surface area (Å²) in [4.78, 5) is 23.8. The monoisotopic (exact) mass is 277 g/mol. The molecular formula is C14H16FN3O2. The highest BCUT2D eigenvalue weighted by Gasteiger charge is 2.09. The number of nitrogens with one attached hydrogen (secondary N) is 1. The Bertz CT molecular complexity index is 762. The van der Waals surface area contributed by atoms with Crippen molar-refractivity contribution < 1.29 is 4.39 Å². The first-order chi connectivity index (χ1) is 9.43. The molecule has 0 amide bonds. The van der Waals surface area contributed by atoms with Gasteiger partial charge in [0.1, 0.15) is 11.6 Å². The quantitative estimate of drug-likeness (QED) is 0.930. The van der Waals surface area contributed by atoms with Crippen molar-refractivity contribution in [2.75, 3.05) is 5.32 Å². The lowest BCUT2D eigenvalue weighted by Crippen LogP contribution is -2.38. The molecule has 2 aromatic rings. The Morgan fingerprint density at radius 3 is 2.55 bits per heavy atom. The first-order valence-corrected chi connectivity index (χ1v) is 6.28.